The van der Waals surface area contributed by atoms with Gasteiger partial charge in [0.05, 0.1) is 0 Å². The molecule has 0 amide bonds. The number of nitrogens with one attached hydrogen (secondary N) is 1. The van der Waals surface area contributed by atoms with Crippen molar-refractivity contribution in [1.29, 1.82) is 0 Å². The molecular formula is C12H19ClN2. The van der Waals surface area contributed by atoms with Gasteiger partial charge in [-0.2, -0.15) is 0 Å². The molecule has 0 spiro atoms. The van der Waals surface area contributed by atoms with Gasteiger partial charge < -0.3 is 10.2 Å². The Kier molecular flexibility index (Phi) is 5.09. The third-order valence-corrected chi connectivity index (χ3v) is 2.73. The molecule has 0 bridgehead atoms. The summed E-state index contributed by atoms with van der Waals surface area (Å²) < 4.78 is 0. The van der Waals surface area contributed by atoms with E-state index in [9.17, 15) is 0 Å². The van der Waals surface area contributed by atoms with E-state index in [1.165, 1.54) is 11.1 Å². The van der Waals surface area contributed by atoms with Crippen LogP contribution >= 0.6 is 11.6 Å². The van der Waals surface area contributed by atoms with E-state index in [0.29, 0.717) is 0 Å². The third kappa shape index (κ3) is 4.20. The molecule has 0 aromatic heterocycles. The van der Waals surface area contributed by atoms with Gasteiger partial charge in [0.25, 0.3) is 0 Å². The smallest absolute Gasteiger partial charge is 0.0409 e. The molecule has 0 fully saturated rings. The molecule has 15 heavy (non-hydrogen) atoms. The number of hydrogen-bond acceptors (Lipinski definition) is 2. The Morgan fingerprint density at radius 3 is 2.80 bits per heavy atom. The largest absolute Gasteiger partial charge is 0.318 e. The van der Waals surface area contributed by atoms with Gasteiger partial charge in [-0.25, -0.2) is 0 Å². The lowest BCUT2D eigenvalue weighted by Crippen LogP contribution is -2.27. The van der Waals surface area contributed by atoms with Gasteiger partial charge >= 0.3 is 0 Å². The van der Waals surface area contributed by atoms with Crippen molar-refractivity contribution < 1.29 is 0 Å². The van der Waals surface area contributed by atoms with Crippen molar-refractivity contribution in [2.45, 2.75) is 13.5 Å². The highest BCUT2D eigenvalue weighted by Gasteiger charge is 2.03. The first kappa shape index (κ1) is 12.5. The average molecular weight is 227 g/mol. The van der Waals surface area contributed by atoms with Crippen molar-refractivity contribution in [2.75, 3.05) is 27.2 Å². The lowest BCUT2D eigenvalue weighted by atomic mass is 10.1. The van der Waals surface area contributed by atoms with E-state index in [-0.39, 0.29) is 0 Å². The molecule has 1 N–H and O–H groups in total. The van der Waals surface area contributed by atoms with Crippen LogP contribution in [0.25, 0.3) is 0 Å². The fraction of sp³-hybridized carbons (Fsp3) is 0.500. The van der Waals surface area contributed by atoms with E-state index < -0.39 is 0 Å². The third-order valence-electron chi connectivity index (χ3n) is 2.49. The number of hydrogen-bond donors (Lipinski definition) is 1. The van der Waals surface area contributed by atoms with Crippen LogP contribution in [-0.4, -0.2) is 32.1 Å². The SMILES string of the molecule is CNCCN(C)Cc1cc(Cl)ccc1C. The van der Waals surface area contributed by atoms with Crippen molar-refractivity contribution in [2.24, 2.45) is 0 Å². The summed E-state index contributed by atoms with van der Waals surface area (Å²) in [6, 6.07) is 6.06. The van der Waals surface area contributed by atoms with Crippen LogP contribution in [-0.2, 0) is 6.54 Å². The molecule has 2 nitrogen and oxygen atoms in total. The molecule has 0 atom stereocenters. The first-order valence-electron chi connectivity index (χ1n) is 5.21. The second-order valence-corrected chi connectivity index (χ2v) is 4.35. The Morgan fingerprint density at radius 2 is 2.13 bits per heavy atom. The van der Waals surface area contributed by atoms with Crippen LogP contribution in [0.1, 0.15) is 11.1 Å². The van der Waals surface area contributed by atoms with E-state index in [1.54, 1.807) is 0 Å². The summed E-state index contributed by atoms with van der Waals surface area (Å²) in [6.07, 6.45) is 0. The Labute approximate surface area is 97.2 Å². The summed E-state index contributed by atoms with van der Waals surface area (Å²) in [5, 5.41) is 3.96. The highest BCUT2D eigenvalue weighted by molar-refractivity contribution is 6.30. The van der Waals surface area contributed by atoms with E-state index in [2.05, 4.69) is 30.3 Å². The number of nitrogens with zero attached hydrogens (tertiary/aromatic N) is 1. The normalized spacial score (nSPS) is 11.0. The van der Waals surface area contributed by atoms with Crippen LogP contribution in [0.2, 0.25) is 5.02 Å². The number of likely N-dealkylation sites (N-methyl/N-ethyl adjacent to an activating group) is 2. The van der Waals surface area contributed by atoms with Crippen molar-refractivity contribution in [3.63, 3.8) is 0 Å². The number of aryl methyl sites for hydroxylation is 1. The van der Waals surface area contributed by atoms with Gasteiger partial charge in [0.1, 0.15) is 0 Å². The minimum Gasteiger partial charge on any atom is -0.318 e. The maximum Gasteiger partial charge on any atom is 0.0409 e. The van der Waals surface area contributed by atoms with Gasteiger partial charge in [-0.3, -0.25) is 0 Å². The molecule has 1 aromatic rings. The summed E-state index contributed by atoms with van der Waals surface area (Å²) >= 11 is 5.97. The minimum absolute atomic E-state index is 0.817. The maximum atomic E-state index is 5.97. The van der Waals surface area contributed by atoms with Gasteiger partial charge in [0.2, 0.25) is 0 Å². The van der Waals surface area contributed by atoms with Crippen LogP contribution in [0, 0.1) is 6.92 Å². The molecule has 3 heteroatoms. The second kappa shape index (κ2) is 6.11. The first-order valence-corrected chi connectivity index (χ1v) is 5.59. The molecule has 1 rings (SSSR count). The highest BCUT2D eigenvalue weighted by Crippen LogP contribution is 2.16. The first-order chi connectivity index (χ1) is 7.13. The zero-order valence-corrected chi connectivity index (χ0v) is 10.4. The van der Waals surface area contributed by atoms with Crippen molar-refractivity contribution in [3.8, 4) is 0 Å². The monoisotopic (exact) mass is 226 g/mol. The molecule has 0 aliphatic rings. The van der Waals surface area contributed by atoms with Crippen LogP contribution in [0.5, 0.6) is 0 Å². The Hall–Kier alpha value is -0.570. The Morgan fingerprint density at radius 1 is 1.40 bits per heavy atom. The standard InChI is InChI=1S/C12H19ClN2/c1-10-4-5-12(13)8-11(10)9-15(3)7-6-14-2/h4-5,8,14H,6-7,9H2,1-3H3. The molecule has 0 aliphatic heterocycles. The topological polar surface area (TPSA) is 15.3 Å². The summed E-state index contributed by atoms with van der Waals surface area (Å²) in [7, 11) is 4.09. The number of benzene rings is 1. The zero-order valence-electron chi connectivity index (χ0n) is 9.68. The highest BCUT2D eigenvalue weighted by atomic mass is 35.5. The van der Waals surface area contributed by atoms with Crippen LogP contribution in [0.15, 0.2) is 18.2 Å². The summed E-state index contributed by atoms with van der Waals surface area (Å²) in [4.78, 5) is 2.29. The minimum atomic E-state index is 0.817. The predicted molar refractivity (Wildman–Crippen MR) is 66.4 cm³/mol. The Bertz CT molecular complexity index is 312. The van der Waals surface area contributed by atoms with E-state index in [1.807, 2.05) is 19.2 Å². The zero-order chi connectivity index (χ0) is 11.3. The molecule has 84 valence electrons. The van der Waals surface area contributed by atoms with Gasteiger partial charge in [-0.15, -0.1) is 0 Å². The second-order valence-electron chi connectivity index (χ2n) is 3.91. The lowest BCUT2D eigenvalue weighted by Gasteiger charge is -2.17. The van der Waals surface area contributed by atoms with Gasteiger partial charge in [-0.05, 0) is 44.3 Å². The van der Waals surface area contributed by atoms with E-state index >= 15 is 0 Å². The fourth-order valence-corrected chi connectivity index (χ4v) is 1.68. The van der Waals surface area contributed by atoms with Crippen LogP contribution in [0.3, 0.4) is 0 Å². The van der Waals surface area contributed by atoms with E-state index in [0.717, 1.165) is 24.7 Å². The van der Waals surface area contributed by atoms with Crippen molar-refractivity contribution in [3.05, 3.63) is 34.3 Å². The Balaban J connectivity index is 2.59. The van der Waals surface area contributed by atoms with Gasteiger partial charge in [0.15, 0.2) is 0 Å². The van der Waals surface area contributed by atoms with Gasteiger partial charge in [-0.1, -0.05) is 17.7 Å². The molecule has 0 saturated heterocycles. The molecule has 0 saturated carbocycles. The summed E-state index contributed by atoms with van der Waals surface area (Å²) in [6.45, 7) is 5.13. The fourth-order valence-electron chi connectivity index (χ4n) is 1.48. The van der Waals surface area contributed by atoms with Crippen molar-refractivity contribution in [1.82, 2.24) is 10.2 Å². The molecule has 0 heterocycles. The predicted octanol–water partition coefficient (Wildman–Crippen LogP) is 2.30. The lowest BCUT2D eigenvalue weighted by molar-refractivity contribution is 0.327. The molecule has 1 aromatic carbocycles. The molecule has 0 unspecified atom stereocenters. The molecule has 0 radical (unpaired) electrons. The molecular weight excluding hydrogens is 208 g/mol. The molecule has 0 aliphatic carbocycles. The van der Waals surface area contributed by atoms with Crippen LogP contribution in [0.4, 0.5) is 0 Å². The van der Waals surface area contributed by atoms with Crippen molar-refractivity contribution >= 4 is 11.6 Å². The summed E-state index contributed by atoms with van der Waals surface area (Å²) in [5.41, 5.74) is 2.61. The average Bonchev–Trinajstić information content (AvgIpc) is 2.20. The van der Waals surface area contributed by atoms with Gasteiger partial charge in [0, 0.05) is 24.7 Å². The number of halogens is 1. The van der Waals surface area contributed by atoms with E-state index in [4.69, 9.17) is 11.6 Å². The maximum absolute atomic E-state index is 5.97. The van der Waals surface area contributed by atoms with Crippen LogP contribution < -0.4 is 5.32 Å². The summed E-state index contributed by atoms with van der Waals surface area (Å²) in [5.74, 6) is 0. The number of rotatable bonds is 5. The quantitative estimate of drug-likeness (QED) is 0.829.